The number of unbranched alkanes of at least 4 members (excludes halogenated alkanes) is 2. The molecule has 0 aromatic heterocycles. The van der Waals surface area contributed by atoms with Gasteiger partial charge in [-0.3, -0.25) is 0 Å². The number of para-hydroxylation sites is 2. The van der Waals surface area contributed by atoms with E-state index in [1.54, 1.807) is 0 Å². The third-order valence-corrected chi connectivity index (χ3v) is 19.7. The van der Waals surface area contributed by atoms with Gasteiger partial charge in [0, 0.05) is 27.6 Å². The third kappa shape index (κ3) is 7.50. The van der Waals surface area contributed by atoms with Gasteiger partial charge in [-0.25, -0.2) is 19.4 Å². The van der Waals surface area contributed by atoms with Crippen LogP contribution in [0, 0.1) is 33.6 Å². The van der Waals surface area contributed by atoms with E-state index in [1.807, 2.05) is 34.1 Å². The van der Waals surface area contributed by atoms with Gasteiger partial charge in [0.1, 0.15) is 11.5 Å². The van der Waals surface area contributed by atoms with Crippen LogP contribution in [0.4, 0.5) is 32.3 Å². The van der Waals surface area contributed by atoms with E-state index < -0.39 is 0 Å². The fourth-order valence-corrected chi connectivity index (χ4v) is 16.0. The number of rotatable bonds is 12. The van der Waals surface area contributed by atoms with E-state index >= 15 is 0 Å². The highest BCUT2D eigenvalue weighted by atomic mass is 16.6. The van der Waals surface area contributed by atoms with E-state index in [0.717, 1.165) is 121 Å². The van der Waals surface area contributed by atoms with Crippen LogP contribution in [0.2, 0.25) is 0 Å². The van der Waals surface area contributed by atoms with E-state index in [9.17, 15) is 9.59 Å². The van der Waals surface area contributed by atoms with Gasteiger partial charge in [-0.2, -0.15) is 0 Å². The highest BCUT2D eigenvalue weighted by Crippen LogP contribution is 2.57. The Hall–Kier alpha value is -8.61. The molecule has 6 nitrogen and oxygen atoms in total. The first-order valence-electron chi connectivity index (χ1n) is 30.2. The molecule has 0 fully saturated rings. The van der Waals surface area contributed by atoms with Crippen molar-refractivity contribution in [1.82, 2.24) is 0 Å². The molecule has 0 bridgehead atoms. The van der Waals surface area contributed by atoms with Crippen LogP contribution in [0.25, 0.3) is 54.9 Å². The monoisotopic (exact) mass is 1080 g/mol. The quantitative estimate of drug-likeness (QED) is 0.114. The summed E-state index contributed by atoms with van der Waals surface area (Å²) in [4.78, 5) is 32.5. The molecule has 0 N–H and O–H groups in total. The minimum absolute atomic E-state index is 0.0647. The lowest BCUT2D eigenvalue weighted by Gasteiger charge is -2.39. The van der Waals surface area contributed by atoms with Crippen molar-refractivity contribution < 1.29 is 19.1 Å². The first-order chi connectivity index (χ1) is 40.4. The molecule has 0 saturated carbocycles. The number of hydrogen-bond acceptors (Lipinski definition) is 4. The molecule has 83 heavy (non-hydrogen) atoms. The summed E-state index contributed by atoms with van der Waals surface area (Å²) < 4.78 is 12.7. The average molecular weight is 1080 g/mol. The van der Waals surface area contributed by atoms with Gasteiger partial charge in [0.15, 0.2) is 0 Å². The summed E-state index contributed by atoms with van der Waals surface area (Å²) in [5, 5.41) is 4.11. The second-order valence-electron chi connectivity index (χ2n) is 24.8. The molecule has 15 rings (SSSR count). The van der Waals surface area contributed by atoms with Gasteiger partial charge in [-0.15, -0.1) is 0 Å². The molecule has 10 aromatic rings. The Labute approximate surface area is 488 Å². The van der Waals surface area contributed by atoms with Crippen molar-refractivity contribution in [3.63, 3.8) is 0 Å². The number of amides is 2. The maximum absolute atomic E-state index is 14.5. The number of carbonyl (C=O) groups excluding carboxylic acids is 2. The number of carbonyl (C=O) groups is 2. The number of benzene rings is 10. The van der Waals surface area contributed by atoms with E-state index in [4.69, 9.17) is 9.47 Å². The number of fused-ring (bicyclic) bond motifs is 7. The van der Waals surface area contributed by atoms with Crippen LogP contribution in [0.15, 0.2) is 164 Å². The number of hydrogen-bond donors (Lipinski definition) is 0. The Bertz CT molecular complexity index is 4420. The number of aryl methyl sites for hydroxylation is 5. The van der Waals surface area contributed by atoms with E-state index in [-0.39, 0.29) is 31.0 Å². The molecule has 8 heteroatoms. The van der Waals surface area contributed by atoms with Crippen LogP contribution < -0.4 is 52.1 Å². The topological polar surface area (TPSA) is 59.1 Å². The predicted octanol–water partition coefficient (Wildman–Crippen LogP) is 15.4. The maximum atomic E-state index is 14.5. The van der Waals surface area contributed by atoms with E-state index in [2.05, 4.69) is 195 Å². The van der Waals surface area contributed by atoms with Crippen molar-refractivity contribution >= 4 is 103 Å². The molecule has 2 unspecified atom stereocenters. The van der Waals surface area contributed by atoms with Crippen LogP contribution in [0.1, 0.15) is 105 Å². The van der Waals surface area contributed by atoms with Crippen molar-refractivity contribution in [2.45, 2.75) is 106 Å². The fraction of sp³-hybridized carbons (Fsp3) is 0.227. The van der Waals surface area contributed by atoms with E-state index in [1.165, 1.54) is 73.0 Å². The van der Waals surface area contributed by atoms with Crippen molar-refractivity contribution in [3.8, 4) is 44.9 Å². The Morgan fingerprint density at radius 2 is 1.05 bits per heavy atom. The van der Waals surface area contributed by atoms with Gasteiger partial charge in [0.2, 0.25) is 13.4 Å². The standard InChI is InChI=1S/C75H66B2N2O4/c1-9-11-20-43(3)42-75(8)57-39-49(55-41-62-72-67-52(55)26-19-31-65(67)82-74(81)79(72)64-30-16-14-28-60(64)77(62)70-46(6)23-18-24-47(70)7)32-33-51(57)56-38-48(25-12-10-2)54(40-58(56)75)50-35-37-66-68-53(50)34-36-61-71(68)78(73(80)83-66)63-29-15-13-27-59(63)76(61)69-44(4)21-17-22-45(69)5/h13-19,21-24,26-41,43H,9-12,20,25,42H2,1-8H3. The highest BCUT2D eigenvalue weighted by molar-refractivity contribution is 6.99. The minimum Gasteiger partial charge on any atom is -0.409 e. The summed E-state index contributed by atoms with van der Waals surface area (Å²) >= 11 is 0. The largest absolute Gasteiger partial charge is 0.424 e. The van der Waals surface area contributed by atoms with Crippen LogP contribution >= 0.6 is 0 Å². The molecule has 0 spiro atoms. The van der Waals surface area contributed by atoms with Crippen molar-refractivity contribution in [2.75, 3.05) is 9.80 Å². The number of anilines is 4. The highest BCUT2D eigenvalue weighted by Gasteiger charge is 2.47. The van der Waals surface area contributed by atoms with Crippen molar-refractivity contribution in [3.05, 3.63) is 203 Å². The summed E-state index contributed by atoms with van der Waals surface area (Å²) in [6, 6.07) is 59.9. The zero-order chi connectivity index (χ0) is 56.7. The lowest BCUT2D eigenvalue weighted by atomic mass is 9.33. The molecule has 2 amide bonds. The van der Waals surface area contributed by atoms with Crippen LogP contribution in [-0.2, 0) is 11.8 Å². The Morgan fingerprint density at radius 3 is 1.69 bits per heavy atom. The summed E-state index contributed by atoms with van der Waals surface area (Å²) in [6.45, 7) is 18.3. The van der Waals surface area contributed by atoms with Crippen molar-refractivity contribution in [2.24, 2.45) is 5.92 Å². The van der Waals surface area contributed by atoms with Gasteiger partial charge < -0.3 is 9.47 Å². The molecule has 406 valence electrons. The molecular weight excluding hydrogens is 1010 g/mol. The molecule has 2 atom stereocenters. The first kappa shape index (κ1) is 51.3. The van der Waals surface area contributed by atoms with Gasteiger partial charge in [-0.1, -0.05) is 214 Å². The molecular formula is C75H66B2N2O4. The summed E-state index contributed by atoms with van der Waals surface area (Å²) in [5.41, 5.74) is 26.5. The zero-order valence-corrected chi connectivity index (χ0v) is 48.8. The number of ether oxygens (including phenoxy) is 2. The van der Waals surface area contributed by atoms with Crippen LogP contribution in [0.3, 0.4) is 0 Å². The average Bonchev–Trinajstić information content (AvgIpc) is 1.42. The zero-order valence-electron chi connectivity index (χ0n) is 48.8. The Morgan fingerprint density at radius 1 is 0.494 bits per heavy atom. The third-order valence-electron chi connectivity index (χ3n) is 19.7. The normalized spacial score (nSPS) is 16.2. The number of nitrogens with zero attached hydrogens (tertiary/aromatic N) is 2. The molecule has 0 saturated heterocycles. The van der Waals surface area contributed by atoms with Gasteiger partial charge in [0.05, 0.1) is 11.4 Å². The summed E-state index contributed by atoms with van der Waals surface area (Å²) in [5.74, 6) is 1.67. The molecule has 1 aliphatic carbocycles. The smallest absolute Gasteiger partial charge is 0.409 e. The van der Waals surface area contributed by atoms with Gasteiger partial charge in [-0.05, 0) is 172 Å². The molecule has 0 radical (unpaired) electrons. The molecule has 4 aliphatic heterocycles. The second-order valence-corrected chi connectivity index (χ2v) is 24.8. The lowest BCUT2D eigenvalue weighted by Crippen LogP contribution is -2.60. The minimum atomic E-state index is -0.378. The maximum Gasteiger partial charge on any atom is 0.424 e. The summed E-state index contributed by atoms with van der Waals surface area (Å²) in [7, 11) is 0. The second kappa shape index (κ2) is 19.2. The SMILES string of the molecule is CCCCc1cc2c(cc1-c1ccc3c4c5c(ccc14)B(c1c(C)cccc1C)c1ccccc1N5C(=O)O3)C(C)(CC(C)CCCC)c1cc(-c3cc4c5c6c(cccc36)OC(=O)N5c3ccccc3B4c3c(C)cccc3C)ccc1-2. The van der Waals surface area contributed by atoms with E-state index in [0.29, 0.717) is 17.4 Å². The predicted molar refractivity (Wildman–Crippen MR) is 346 cm³/mol. The summed E-state index contributed by atoms with van der Waals surface area (Å²) in [6.07, 6.45) is 6.81. The van der Waals surface area contributed by atoms with Gasteiger partial charge in [0.25, 0.3) is 0 Å². The van der Waals surface area contributed by atoms with Crippen molar-refractivity contribution in [1.29, 1.82) is 0 Å². The van der Waals surface area contributed by atoms with Gasteiger partial charge >= 0.3 is 12.2 Å². The molecule has 5 aliphatic rings. The Kier molecular flexibility index (Phi) is 11.9. The lowest BCUT2D eigenvalue weighted by molar-refractivity contribution is 0.209. The fourth-order valence-electron chi connectivity index (χ4n) is 16.0. The Balaban J connectivity index is 0.939. The molecule has 4 heterocycles. The van der Waals surface area contributed by atoms with Crippen LogP contribution in [-0.4, -0.2) is 25.6 Å². The van der Waals surface area contributed by atoms with Crippen LogP contribution in [0.5, 0.6) is 11.5 Å². The molecule has 10 aromatic carbocycles. The first-order valence-corrected chi connectivity index (χ1v) is 30.2.